The first-order chi connectivity index (χ1) is 7.17. The van der Waals surface area contributed by atoms with Crippen molar-refractivity contribution in [2.75, 3.05) is 7.11 Å². The average Bonchev–Trinajstić information content (AvgIpc) is 2.07. The van der Waals surface area contributed by atoms with Gasteiger partial charge < -0.3 is 4.74 Å². The second-order valence-corrected chi connectivity index (χ2v) is 4.87. The molecule has 1 saturated carbocycles. The van der Waals surface area contributed by atoms with Gasteiger partial charge in [0.2, 0.25) is 0 Å². The molecule has 94 valence electrons. The van der Waals surface area contributed by atoms with Crippen LogP contribution in [0.1, 0.15) is 12.8 Å². The maximum absolute atomic E-state index is 11.9. The highest BCUT2D eigenvalue weighted by Crippen LogP contribution is 2.35. The van der Waals surface area contributed by atoms with Crippen LogP contribution in [-0.2, 0) is 23.8 Å². The molecule has 0 heterocycles. The van der Waals surface area contributed by atoms with Crippen molar-refractivity contribution in [1.82, 2.24) is 0 Å². The number of carbonyl (C=O) groups excluding carboxylic acids is 1. The van der Waals surface area contributed by atoms with Crippen LogP contribution in [0.15, 0.2) is 0 Å². The molecule has 1 aliphatic carbocycles. The monoisotopic (exact) mass is 262 g/mol. The summed E-state index contributed by atoms with van der Waals surface area (Å²) in [5.41, 5.74) is -5.43. The van der Waals surface area contributed by atoms with Gasteiger partial charge in [-0.15, -0.1) is 0 Å². The standard InChI is InChI=1S/C7H9F3O5S/c1-14-6(11)4-2-5(3-4)15-16(12,13)7(8,9)10/h4-5H,2-3H2,1H3. The lowest BCUT2D eigenvalue weighted by Gasteiger charge is -2.32. The molecule has 1 aliphatic rings. The zero-order valence-corrected chi connectivity index (χ0v) is 8.97. The molecule has 0 aromatic carbocycles. The summed E-state index contributed by atoms with van der Waals surface area (Å²) < 4.78 is 64.9. The average molecular weight is 262 g/mol. The van der Waals surface area contributed by atoms with Crippen LogP contribution in [0.2, 0.25) is 0 Å². The lowest BCUT2D eigenvalue weighted by molar-refractivity contribution is -0.152. The molecule has 0 N–H and O–H groups in total. The first kappa shape index (κ1) is 13.2. The number of hydrogen-bond acceptors (Lipinski definition) is 5. The predicted molar refractivity (Wildman–Crippen MR) is 44.6 cm³/mol. The van der Waals surface area contributed by atoms with Crippen LogP contribution in [-0.4, -0.2) is 33.1 Å². The third kappa shape index (κ3) is 2.64. The molecule has 5 nitrogen and oxygen atoms in total. The van der Waals surface area contributed by atoms with Gasteiger partial charge in [0.15, 0.2) is 0 Å². The minimum Gasteiger partial charge on any atom is -0.469 e. The quantitative estimate of drug-likeness (QED) is 0.427. The molecule has 9 heteroatoms. The third-order valence-corrected chi connectivity index (χ3v) is 3.27. The first-order valence-electron chi connectivity index (χ1n) is 4.24. The van der Waals surface area contributed by atoms with E-state index in [4.69, 9.17) is 0 Å². The van der Waals surface area contributed by atoms with Gasteiger partial charge in [0.05, 0.1) is 19.1 Å². The Kier molecular flexibility index (Phi) is 3.48. The Hall–Kier alpha value is -0.830. The predicted octanol–water partition coefficient (Wildman–Crippen LogP) is 0.804. The van der Waals surface area contributed by atoms with E-state index in [0.717, 1.165) is 7.11 Å². The van der Waals surface area contributed by atoms with Gasteiger partial charge in [-0.3, -0.25) is 8.98 Å². The fourth-order valence-corrected chi connectivity index (χ4v) is 1.86. The van der Waals surface area contributed by atoms with E-state index < -0.39 is 33.6 Å². The van der Waals surface area contributed by atoms with Gasteiger partial charge >= 0.3 is 21.6 Å². The summed E-state index contributed by atoms with van der Waals surface area (Å²) in [7, 11) is -4.42. The lowest BCUT2D eigenvalue weighted by atomic mass is 9.83. The van der Waals surface area contributed by atoms with Crippen LogP contribution in [0.5, 0.6) is 0 Å². The molecular formula is C7H9F3O5S. The smallest absolute Gasteiger partial charge is 0.469 e. The van der Waals surface area contributed by atoms with Crippen molar-refractivity contribution in [1.29, 1.82) is 0 Å². The molecule has 0 atom stereocenters. The van der Waals surface area contributed by atoms with E-state index in [1.165, 1.54) is 0 Å². The van der Waals surface area contributed by atoms with Gasteiger partial charge in [-0.2, -0.15) is 21.6 Å². The maximum atomic E-state index is 11.9. The zero-order chi connectivity index (χ0) is 12.6. The Balaban J connectivity index is 2.47. The van der Waals surface area contributed by atoms with Crippen molar-refractivity contribution < 1.29 is 35.3 Å². The lowest BCUT2D eigenvalue weighted by Crippen LogP contribution is -2.40. The minimum atomic E-state index is -5.57. The number of rotatable bonds is 3. The normalized spacial score (nSPS) is 26.0. The number of alkyl halides is 3. The summed E-state index contributed by atoms with van der Waals surface area (Å²) in [6, 6.07) is 0. The fourth-order valence-electron chi connectivity index (χ4n) is 1.24. The molecule has 0 bridgehead atoms. The van der Waals surface area contributed by atoms with Crippen LogP contribution >= 0.6 is 0 Å². The number of hydrogen-bond donors (Lipinski definition) is 0. The summed E-state index contributed by atoms with van der Waals surface area (Å²) >= 11 is 0. The van der Waals surface area contributed by atoms with E-state index in [1.54, 1.807) is 0 Å². The number of methoxy groups -OCH3 is 1. The molecule has 0 aliphatic heterocycles. The van der Waals surface area contributed by atoms with Crippen molar-refractivity contribution in [2.45, 2.75) is 24.5 Å². The molecular weight excluding hydrogens is 253 g/mol. The summed E-state index contributed by atoms with van der Waals surface area (Å²) in [5, 5.41) is 0. The summed E-state index contributed by atoms with van der Waals surface area (Å²) in [5.74, 6) is -1.16. The van der Waals surface area contributed by atoms with Crippen molar-refractivity contribution >= 4 is 16.1 Å². The molecule has 1 fully saturated rings. The second kappa shape index (κ2) is 4.21. The van der Waals surface area contributed by atoms with Crippen LogP contribution in [0.25, 0.3) is 0 Å². The largest absolute Gasteiger partial charge is 0.523 e. The van der Waals surface area contributed by atoms with Crippen molar-refractivity contribution in [3.63, 3.8) is 0 Å². The molecule has 0 saturated heterocycles. The highest BCUT2D eigenvalue weighted by molar-refractivity contribution is 7.87. The fraction of sp³-hybridized carbons (Fsp3) is 0.857. The van der Waals surface area contributed by atoms with E-state index in [9.17, 15) is 26.4 Å². The summed E-state index contributed by atoms with van der Waals surface area (Å²) in [4.78, 5) is 10.9. The van der Waals surface area contributed by atoms with Gasteiger partial charge in [0.1, 0.15) is 0 Å². The molecule has 16 heavy (non-hydrogen) atoms. The number of halogens is 3. The maximum Gasteiger partial charge on any atom is 0.523 e. The van der Waals surface area contributed by atoms with E-state index in [1.807, 2.05) is 0 Å². The minimum absolute atomic E-state index is 0.0814. The third-order valence-electron chi connectivity index (χ3n) is 2.18. The number of esters is 1. The highest BCUT2D eigenvalue weighted by atomic mass is 32.2. The topological polar surface area (TPSA) is 69.7 Å². The Morgan fingerprint density at radius 1 is 1.31 bits per heavy atom. The molecule has 0 aromatic heterocycles. The van der Waals surface area contributed by atoms with Crippen molar-refractivity contribution in [3.8, 4) is 0 Å². The SMILES string of the molecule is COC(=O)C1CC(OS(=O)(=O)C(F)(F)F)C1. The molecule has 0 unspecified atom stereocenters. The Morgan fingerprint density at radius 2 is 1.81 bits per heavy atom. The Morgan fingerprint density at radius 3 is 2.19 bits per heavy atom. The Labute approximate surface area is 89.6 Å². The molecule has 0 aromatic rings. The van der Waals surface area contributed by atoms with Gasteiger partial charge in [-0.1, -0.05) is 0 Å². The van der Waals surface area contributed by atoms with Crippen LogP contribution in [0.4, 0.5) is 13.2 Å². The molecule has 0 spiro atoms. The van der Waals surface area contributed by atoms with Gasteiger partial charge in [-0.25, -0.2) is 0 Å². The van der Waals surface area contributed by atoms with Crippen LogP contribution in [0.3, 0.4) is 0 Å². The zero-order valence-electron chi connectivity index (χ0n) is 8.15. The molecule has 0 amide bonds. The number of ether oxygens (including phenoxy) is 1. The summed E-state index contributed by atoms with van der Waals surface area (Å²) in [6.45, 7) is 0. The van der Waals surface area contributed by atoms with E-state index in [2.05, 4.69) is 8.92 Å². The Bertz CT molecular complexity index is 368. The van der Waals surface area contributed by atoms with E-state index >= 15 is 0 Å². The van der Waals surface area contributed by atoms with Gasteiger partial charge in [0.25, 0.3) is 0 Å². The second-order valence-electron chi connectivity index (χ2n) is 3.31. The van der Waals surface area contributed by atoms with Crippen molar-refractivity contribution in [3.05, 3.63) is 0 Å². The first-order valence-corrected chi connectivity index (χ1v) is 5.65. The van der Waals surface area contributed by atoms with E-state index in [0.29, 0.717) is 0 Å². The number of carbonyl (C=O) groups is 1. The molecule has 1 rings (SSSR count). The van der Waals surface area contributed by atoms with Crippen molar-refractivity contribution in [2.24, 2.45) is 5.92 Å². The van der Waals surface area contributed by atoms with Crippen LogP contribution < -0.4 is 0 Å². The summed E-state index contributed by atoms with van der Waals surface area (Å²) in [6.07, 6.45) is -1.26. The van der Waals surface area contributed by atoms with Gasteiger partial charge in [-0.05, 0) is 12.8 Å². The van der Waals surface area contributed by atoms with Gasteiger partial charge in [0, 0.05) is 0 Å². The van der Waals surface area contributed by atoms with E-state index in [-0.39, 0.29) is 12.8 Å². The van der Waals surface area contributed by atoms with Crippen LogP contribution in [0, 0.1) is 5.92 Å². The highest BCUT2D eigenvalue weighted by Gasteiger charge is 2.50. The molecule has 0 radical (unpaired) electrons.